The van der Waals surface area contributed by atoms with E-state index in [0.717, 1.165) is 15.6 Å². The molecule has 0 saturated heterocycles. The Hall–Kier alpha value is -0.320. The summed E-state index contributed by atoms with van der Waals surface area (Å²) in [6.07, 6.45) is 0.514. The van der Waals surface area contributed by atoms with Gasteiger partial charge in [-0.2, -0.15) is 0 Å². The minimum atomic E-state index is -0.920. The summed E-state index contributed by atoms with van der Waals surface area (Å²) in [5.41, 5.74) is 0.325. The minimum Gasteiger partial charge on any atom is -0.338 e. The first kappa shape index (κ1) is 15.1. The summed E-state index contributed by atoms with van der Waals surface area (Å²) in [6.45, 7) is 7.78. The maximum absolute atomic E-state index is 12.5. The van der Waals surface area contributed by atoms with E-state index in [0.29, 0.717) is 6.42 Å². The van der Waals surface area contributed by atoms with Crippen LogP contribution in [0.3, 0.4) is 0 Å². The number of thiazole rings is 1. The van der Waals surface area contributed by atoms with Gasteiger partial charge in [0, 0.05) is 11.9 Å². The molecule has 1 aromatic heterocycles. The van der Waals surface area contributed by atoms with Crippen molar-refractivity contribution in [3.05, 3.63) is 15.6 Å². The largest absolute Gasteiger partial charge is 0.338 e. The van der Waals surface area contributed by atoms with Gasteiger partial charge < -0.3 is 4.90 Å². The maximum atomic E-state index is 12.5. The summed E-state index contributed by atoms with van der Waals surface area (Å²) in [7, 11) is 1.80. The fraction of sp³-hybridized carbons (Fsp3) is 0.692. The lowest BCUT2D eigenvalue weighted by atomic mass is 10.1. The van der Waals surface area contributed by atoms with Gasteiger partial charge in [0.2, 0.25) is 5.91 Å². The Bertz CT molecular complexity index is 529. The van der Waals surface area contributed by atoms with E-state index >= 15 is 0 Å². The molecule has 0 radical (unpaired) electrons. The molecule has 0 aromatic carbocycles. The van der Waals surface area contributed by atoms with Gasteiger partial charge >= 0.3 is 0 Å². The van der Waals surface area contributed by atoms with Gasteiger partial charge in [-0.1, -0.05) is 0 Å². The molecule has 0 unspecified atom stereocenters. The number of rotatable bonds is 3. The van der Waals surface area contributed by atoms with E-state index in [1.807, 2.05) is 27.7 Å². The predicted octanol–water partition coefficient (Wildman–Crippen LogP) is 3.86. The van der Waals surface area contributed by atoms with E-state index < -0.39 is 9.75 Å². The van der Waals surface area contributed by atoms with Crippen molar-refractivity contribution in [1.82, 2.24) is 9.88 Å². The number of alkyl halides is 2. The van der Waals surface area contributed by atoms with Crippen LogP contribution in [0.2, 0.25) is 0 Å². The lowest BCUT2D eigenvalue weighted by molar-refractivity contribution is -0.137. The first-order valence-electron chi connectivity index (χ1n) is 6.19. The molecular weight excluding hydrogens is 303 g/mol. The van der Waals surface area contributed by atoms with Crippen LogP contribution in [0, 0.1) is 19.3 Å². The average Bonchev–Trinajstić information content (AvgIpc) is 2.64. The Balaban J connectivity index is 2.19. The first-order chi connectivity index (χ1) is 8.60. The molecule has 1 saturated carbocycles. The molecule has 1 heterocycles. The molecule has 3 nitrogen and oxygen atoms in total. The fourth-order valence-corrected chi connectivity index (χ4v) is 4.03. The van der Waals surface area contributed by atoms with Gasteiger partial charge in [-0.15, -0.1) is 34.5 Å². The molecule has 2 rings (SSSR count). The standard InChI is InChI=1S/C13H18Cl2N2OS/c1-7-10(19-9(3)16-7)8(2)17(5)11(18)12(4)6-13(12,14)15/h8H,6H2,1-5H3/t8-,12-/m0/s1. The van der Waals surface area contributed by atoms with Gasteiger partial charge in [0.15, 0.2) is 0 Å². The van der Waals surface area contributed by atoms with Crippen LogP contribution in [-0.2, 0) is 4.79 Å². The third-order valence-electron chi connectivity index (χ3n) is 3.95. The van der Waals surface area contributed by atoms with Crippen molar-refractivity contribution >= 4 is 40.4 Å². The Labute approximate surface area is 127 Å². The average molecular weight is 321 g/mol. The van der Waals surface area contributed by atoms with E-state index in [1.165, 1.54) is 0 Å². The van der Waals surface area contributed by atoms with Crippen LogP contribution in [0.15, 0.2) is 0 Å². The third kappa shape index (κ3) is 2.39. The Morgan fingerprint density at radius 1 is 1.47 bits per heavy atom. The van der Waals surface area contributed by atoms with Gasteiger partial charge in [0.25, 0.3) is 0 Å². The Morgan fingerprint density at radius 2 is 2.00 bits per heavy atom. The zero-order valence-corrected chi connectivity index (χ0v) is 14.1. The van der Waals surface area contributed by atoms with E-state index in [-0.39, 0.29) is 11.9 Å². The van der Waals surface area contributed by atoms with Crippen molar-refractivity contribution in [3.63, 3.8) is 0 Å². The van der Waals surface area contributed by atoms with Crippen molar-refractivity contribution in [1.29, 1.82) is 0 Å². The molecule has 6 heteroatoms. The molecule has 1 amide bonds. The third-order valence-corrected chi connectivity index (χ3v) is 6.29. The van der Waals surface area contributed by atoms with Gasteiger partial charge in [-0.25, -0.2) is 4.98 Å². The van der Waals surface area contributed by atoms with E-state index in [2.05, 4.69) is 4.98 Å². The number of nitrogens with zero attached hydrogens (tertiary/aromatic N) is 2. The van der Waals surface area contributed by atoms with Gasteiger partial charge in [-0.3, -0.25) is 4.79 Å². The summed E-state index contributed by atoms with van der Waals surface area (Å²) < 4.78 is -0.920. The summed E-state index contributed by atoms with van der Waals surface area (Å²) in [5, 5.41) is 1.02. The van der Waals surface area contributed by atoms with Crippen LogP contribution in [0.5, 0.6) is 0 Å². The molecule has 0 spiro atoms. The molecule has 0 N–H and O–H groups in total. The second-order valence-corrected chi connectivity index (χ2v) is 8.21. The highest BCUT2D eigenvalue weighted by Crippen LogP contribution is 2.64. The summed E-state index contributed by atoms with van der Waals surface area (Å²) in [5.74, 6) is -0.00421. The molecule has 1 fully saturated rings. The zero-order chi connectivity index (χ0) is 14.6. The van der Waals surface area contributed by atoms with E-state index in [4.69, 9.17) is 23.2 Å². The predicted molar refractivity (Wildman–Crippen MR) is 79.9 cm³/mol. The summed E-state index contributed by atoms with van der Waals surface area (Å²) >= 11 is 13.8. The monoisotopic (exact) mass is 320 g/mol. The zero-order valence-electron chi connectivity index (χ0n) is 11.8. The number of aryl methyl sites for hydroxylation is 2. The van der Waals surface area contributed by atoms with Crippen LogP contribution >= 0.6 is 34.5 Å². The number of halogens is 2. The van der Waals surface area contributed by atoms with E-state index in [1.54, 1.807) is 23.3 Å². The fourth-order valence-electron chi connectivity index (χ4n) is 2.31. The van der Waals surface area contributed by atoms with Crippen molar-refractivity contribution in [2.24, 2.45) is 5.41 Å². The number of aromatic nitrogens is 1. The quantitative estimate of drug-likeness (QED) is 0.792. The SMILES string of the molecule is Cc1nc(C)c([C@H](C)N(C)C(=O)[C@]2(C)CC2(Cl)Cl)s1. The molecule has 106 valence electrons. The lowest BCUT2D eigenvalue weighted by Crippen LogP contribution is -2.37. The number of hydrogen-bond acceptors (Lipinski definition) is 3. The second kappa shape index (κ2) is 4.61. The highest BCUT2D eigenvalue weighted by atomic mass is 35.5. The first-order valence-corrected chi connectivity index (χ1v) is 7.76. The number of amides is 1. The van der Waals surface area contributed by atoms with E-state index in [9.17, 15) is 4.79 Å². The van der Waals surface area contributed by atoms with Crippen LogP contribution in [-0.4, -0.2) is 27.2 Å². The van der Waals surface area contributed by atoms with Crippen LogP contribution < -0.4 is 0 Å². The molecule has 1 aromatic rings. The van der Waals surface area contributed by atoms with Crippen molar-refractivity contribution in [2.45, 2.75) is 44.5 Å². The highest BCUT2D eigenvalue weighted by molar-refractivity contribution is 7.11. The van der Waals surface area contributed by atoms with Gasteiger partial charge in [0.1, 0.15) is 4.33 Å². The van der Waals surface area contributed by atoms with Crippen LogP contribution in [0.1, 0.15) is 41.9 Å². The van der Waals surface area contributed by atoms with Crippen LogP contribution in [0.4, 0.5) is 0 Å². The van der Waals surface area contributed by atoms with Gasteiger partial charge in [0.05, 0.1) is 22.2 Å². The van der Waals surface area contributed by atoms with Crippen LogP contribution in [0.25, 0.3) is 0 Å². The maximum Gasteiger partial charge on any atom is 0.231 e. The molecule has 1 aliphatic rings. The van der Waals surface area contributed by atoms with Crippen molar-refractivity contribution < 1.29 is 4.79 Å². The molecule has 1 aliphatic carbocycles. The van der Waals surface area contributed by atoms with Crippen molar-refractivity contribution in [3.8, 4) is 0 Å². The summed E-state index contributed by atoms with van der Waals surface area (Å²) in [6, 6.07) is -0.0136. The normalized spacial score (nSPS) is 26.1. The Morgan fingerprint density at radius 3 is 2.37 bits per heavy atom. The second-order valence-electron chi connectivity index (χ2n) is 5.49. The van der Waals surface area contributed by atoms with Crippen molar-refractivity contribution in [2.75, 3.05) is 7.05 Å². The number of carbonyl (C=O) groups excluding carboxylic acids is 1. The lowest BCUT2D eigenvalue weighted by Gasteiger charge is -2.28. The topological polar surface area (TPSA) is 33.2 Å². The smallest absolute Gasteiger partial charge is 0.231 e. The van der Waals surface area contributed by atoms with Gasteiger partial charge in [-0.05, 0) is 34.1 Å². The Kier molecular flexibility index (Phi) is 3.65. The molecular formula is C13H18Cl2N2OS. The minimum absolute atomic E-state index is 0.00421. The number of hydrogen-bond donors (Lipinski definition) is 0. The molecule has 19 heavy (non-hydrogen) atoms. The highest BCUT2D eigenvalue weighted by Gasteiger charge is 2.68. The number of carbonyl (C=O) groups is 1. The molecule has 0 aliphatic heterocycles. The summed E-state index contributed by atoms with van der Waals surface area (Å²) in [4.78, 5) is 19.8. The molecule has 2 atom stereocenters. The molecule has 0 bridgehead atoms.